The van der Waals surface area contributed by atoms with Crippen molar-refractivity contribution < 1.29 is 31.1 Å². The fourth-order valence-electron chi connectivity index (χ4n) is 1.06. The minimum atomic E-state index is -3.96. The standard InChI is InChI=1S/C8H5BrF6O/c9-1-2-16-8(15)6(13)4(11)3(10)5(12)7(8)14/h6H,1-2H2/t6-,8+/m1/s1. The second-order valence-corrected chi connectivity index (χ2v) is 3.63. The van der Waals surface area contributed by atoms with E-state index in [0.717, 1.165) is 0 Å². The predicted octanol–water partition coefficient (Wildman–Crippen LogP) is 3.72. The highest BCUT2D eigenvalue weighted by Crippen LogP contribution is 2.44. The lowest BCUT2D eigenvalue weighted by atomic mass is 10.0. The molecule has 0 aromatic rings. The largest absolute Gasteiger partial charge is 0.337 e. The fourth-order valence-corrected chi connectivity index (χ4v) is 1.22. The summed E-state index contributed by atoms with van der Waals surface area (Å²) >= 11 is 2.76. The summed E-state index contributed by atoms with van der Waals surface area (Å²) in [6, 6.07) is 0. The van der Waals surface area contributed by atoms with E-state index in [2.05, 4.69) is 20.7 Å². The number of hydrogen-bond donors (Lipinski definition) is 0. The van der Waals surface area contributed by atoms with Crippen LogP contribution in [0, 0.1) is 0 Å². The van der Waals surface area contributed by atoms with Crippen molar-refractivity contribution in [1.29, 1.82) is 0 Å². The summed E-state index contributed by atoms with van der Waals surface area (Å²) in [5, 5.41) is -0.0197. The molecule has 1 aliphatic carbocycles. The molecule has 2 atom stereocenters. The van der Waals surface area contributed by atoms with Gasteiger partial charge in [0, 0.05) is 5.33 Å². The van der Waals surface area contributed by atoms with Crippen molar-refractivity contribution in [3.63, 3.8) is 0 Å². The van der Waals surface area contributed by atoms with Gasteiger partial charge in [-0.1, -0.05) is 15.9 Å². The van der Waals surface area contributed by atoms with Gasteiger partial charge in [0.15, 0.2) is 17.5 Å². The van der Waals surface area contributed by atoms with Gasteiger partial charge in [-0.2, -0.15) is 0 Å². The number of halogens is 7. The maximum absolute atomic E-state index is 13.5. The molecule has 0 bridgehead atoms. The van der Waals surface area contributed by atoms with E-state index >= 15 is 0 Å². The SMILES string of the molecule is FC1=C(F)[C@@H](F)[C@](F)(OCCBr)C(F)=C1F. The molecular formula is C8H5BrF6O. The molecule has 92 valence electrons. The first-order chi connectivity index (χ1) is 7.36. The average Bonchev–Trinajstić information content (AvgIpc) is 2.29. The molecule has 1 rings (SSSR count). The highest BCUT2D eigenvalue weighted by Gasteiger charge is 2.55. The van der Waals surface area contributed by atoms with Crippen LogP contribution in [0.5, 0.6) is 0 Å². The molecule has 0 spiro atoms. The van der Waals surface area contributed by atoms with Crippen LogP contribution in [-0.2, 0) is 4.74 Å². The van der Waals surface area contributed by atoms with Gasteiger partial charge in [-0.3, -0.25) is 0 Å². The molecule has 0 fully saturated rings. The third kappa shape index (κ3) is 2.00. The van der Waals surface area contributed by atoms with Crippen LogP contribution in [0.2, 0.25) is 0 Å². The molecule has 0 saturated heterocycles. The van der Waals surface area contributed by atoms with Crippen molar-refractivity contribution in [2.75, 3.05) is 11.9 Å². The molecule has 0 saturated carbocycles. The van der Waals surface area contributed by atoms with Crippen molar-refractivity contribution in [3.05, 3.63) is 23.3 Å². The van der Waals surface area contributed by atoms with Gasteiger partial charge >= 0.3 is 5.85 Å². The zero-order chi connectivity index (χ0) is 12.5. The van der Waals surface area contributed by atoms with Crippen LogP contribution < -0.4 is 0 Å². The Hall–Kier alpha value is -0.500. The Balaban J connectivity index is 3.14. The molecule has 0 unspecified atom stereocenters. The Morgan fingerprint density at radius 1 is 1.19 bits per heavy atom. The molecule has 0 amide bonds. The lowest BCUT2D eigenvalue weighted by Gasteiger charge is -2.29. The van der Waals surface area contributed by atoms with Crippen molar-refractivity contribution in [3.8, 4) is 0 Å². The number of allylic oxidation sites excluding steroid dienone is 2. The Labute approximate surface area is 94.9 Å². The molecule has 0 aromatic carbocycles. The first kappa shape index (κ1) is 13.6. The Kier molecular flexibility index (Phi) is 4.06. The van der Waals surface area contributed by atoms with Crippen molar-refractivity contribution in [1.82, 2.24) is 0 Å². The normalized spacial score (nSPS) is 31.3. The summed E-state index contributed by atoms with van der Waals surface area (Å²) in [5.41, 5.74) is 0. The highest BCUT2D eigenvalue weighted by atomic mass is 79.9. The van der Waals surface area contributed by atoms with E-state index in [-0.39, 0.29) is 5.33 Å². The van der Waals surface area contributed by atoms with Crippen molar-refractivity contribution >= 4 is 15.9 Å². The van der Waals surface area contributed by atoms with Crippen LogP contribution in [0.3, 0.4) is 0 Å². The van der Waals surface area contributed by atoms with Gasteiger partial charge in [-0.25, -0.2) is 26.3 Å². The summed E-state index contributed by atoms with van der Waals surface area (Å²) in [6.07, 6.45) is -3.37. The van der Waals surface area contributed by atoms with E-state index < -0.39 is 41.9 Å². The van der Waals surface area contributed by atoms with E-state index in [4.69, 9.17) is 0 Å². The van der Waals surface area contributed by atoms with Crippen LogP contribution in [0.25, 0.3) is 0 Å². The lowest BCUT2D eigenvalue weighted by Crippen LogP contribution is -2.42. The van der Waals surface area contributed by atoms with Crippen LogP contribution in [-0.4, -0.2) is 24.0 Å². The summed E-state index contributed by atoms with van der Waals surface area (Å²) < 4.78 is 81.3. The molecule has 0 radical (unpaired) electrons. The fraction of sp³-hybridized carbons (Fsp3) is 0.500. The Morgan fingerprint density at radius 2 is 1.75 bits per heavy atom. The quantitative estimate of drug-likeness (QED) is 0.570. The van der Waals surface area contributed by atoms with E-state index in [1.54, 1.807) is 0 Å². The van der Waals surface area contributed by atoms with E-state index in [0.29, 0.717) is 0 Å². The van der Waals surface area contributed by atoms with Crippen molar-refractivity contribution in [2.45, 2.75) is 12.0 Å². The smallest absolute Gasteiger partial charge is 0.303 e. The summed E-state index contributed by atoms with van der Waals surface area (Å²) in [7, 11) is 0. The maximum Gasteiger partial charge on any atom is 0.303 e. The van der Waals surface area contributed by atoms with Gasteiger partial charge in [0.2, 0.25) is 12.0 Å². The molecular weight excluding hydrogens is 306 g/mol. The second kappa shape index (κ2) is 4.79. The predicted molar refractivity (Wildman–Crippen MR) is 47.0 cm³/mol. The molecule has 0 aliphatic heterocycles. The number of alkyl halides is 3. The number of rotatable bonds is 3. The van der Waals surface area contributed by atoms with Gasteiger partial charge in [0.25, 0.3) is 0 Å². The van der Waals surface area contributed by atoms with Crippen molar-refractivity contribution in [2.24, 2.45) is 0 Å². The van der Waals surface area contributed by atoms with Gasteiger partial charge in [0.05, 0.1) is 6.61 Å². The molecule has 1 aliphatic rings. The maximum atomic E-state index is 13.5. The molecule has 1 nitrogen and oxygen atoms in total. The second-order valence-electron chi connectivity index (χ2n) is 2.83. The molecule has 8 heteroatoms. The van der Waals surface area contributed by atoms with Crippen LogP contribution in [0.1, 0.15) is 0 Å². The molecule has 0 heterocycles. The van der Waals surface area contributed by atoms with E-state index in [9.17, 15) is 26.3 Å². The average molecular weight is 311 g/mol. The topological polar surface area (TPSA) is 9.23 Å². The van der Waals surface area contributed by atoms with Gasteiger partial charge in [-0.15, -0.1) is 0 Å². The van der Waals surface area contributed by atoms with Crippen LogP contribution in [0.15, 0.2) is 23.3 Å². The van der Waals surface area contributed by atoms with Crippen LogP contribution >= 0.6 is 15.9 Å². The number of hydrogen-bond acceptors (Lipinski definition) is 1. The minimum Gasteiger partial charge on any atom is -0.337 e. The molecule has 0 aromatic heterocycles. The molecule has 0 N–H and O–H groups in total. The van der Waals surface area contributed by atoms with Gasteiger partial charge in [-0.05, 0) is 0 Å². The highest BCUT2D eigenvalue weighted by molar-refractivity contribution is 9.09. The van der Waals surface area contributed by atoms with Crippen LogP contribution in [0.4, 0.5) is 26.3 Å². The zero-order valence-electron chi connectivity index (χ0n) is 7.55. The first-order valence-corrected chi connectivity index (χ1v) is 5.12. The Morgan fingerprint density at radius 3 is 2.25 bits per heavy atom. The van der Waals surface area contributed by atoms with E-state index in [1.165, 1.54) is 0 Å². The monoisotopic (exact) mass is 310 g/mol. The molecule has 16 heavy (non-hydrogen) atoms. The summed E-state index contributed by atoms with van der Waals surface area (Å²) in [6.45, 7) is -0.549. The minimum absolute atomic E-state index is 0.0197. The zero-order valence-corrected chi connectivity index (χ0v) is 9.13. The lowest BCUT2D eigenvalue weighted by molar-refractivity contribution is -0.166. The number of ether oxygens (including phenoxy) is 1. The summed E-state index contributed by atoms with van der Waals surface area (Å²) in [5.74, 6) is -13.6. The first-order valence-electron chi connectivity index (χ1n) is 4.00. The third-order valence-corrected chi connectivity index (χ3v) is 2.16. The van der Waals surface area contributed by atoms with Gasteiger partial charge < -0.3 is 4.74 Å². The third-order valence-electron chi connectivity index (χ3n) is 1.83. The van der Waals surface area contributed by atoms with Gasteiger partial charge in [0.1, 0.15) is 0 Å². The summed E-state index contributed by atoms with van der Waals surface area (Å²) in [4.78, 5) is 0. The van der Waals surface area contributed by atoms with E-state index in [1.807, 2.05) is 0 Å². The Bertz CT molecular complexity index is 354.